The summed E-state index contributed by atoms with van der Waals surface area (Å²) in [6.45, 7) is 14.9. The van der Waals surface area contributed by atoms with E-state index in [0.29, 0.717) is 0 Å². The van der Waals surface area contributed by atoms with Crippen LogP contribution in [0.3, 0.4) is 0 Å². The van der Waals surface area contributed by atoms with E-state index < -0.39 is 16.1 Å². The maximum absolute atomic E-state index is 5.81. The predicted molar refractivity (Wildman–Crippen MR) is 80.6 cm³/mol. The fourth-order valence-electron chi connectivity index (χ4n) is 2.77. The molecule has 0 aromatic rings. The van der Waals surface area contributed by atoms with E-state index >= 15 is 0 Å². The lowest BCUT2D eigenvalue weighted by molar-refractivity contribution is 0.653. The minimum atomic E-state index is -1.06. The van der Waals surface area contributed by atoms with Crippen LogP contribution >= 0.6 is 12.2 Å². The van der Waals surface area contributed by atoms with Crippen LogP contribution in [0.25, 0.3) is 0 Å². The molecular weight excluding hydrogens is 232 g/mol. The first-order valence-corrected chi connectivity index (χ1v) is 13.7. The fourth-order valence-corrected chi connectivity index (χ4v) is 9.55. The molecule has 1 saturated carbocycles. The number of hydrogen-bond acceptors (Lipinski definition) is 1. The number of rotatable bonds is 2. The molecule has 0 heterocycles. The lowest BCUT2D eigenvalue weighted by Crippen LogP contribution is -2.43. The number of hydrogen-bond donors (Lipinski definition) is 0. The molecular formula is C12H26SSi2. The van der Waals surface area contributed by atoms with E-state index in [0.717, 1.165) is 11.1 Å². The zero-order valence-corrected chi connectivity index (χ0v) is 14.0. The molecule has 0 saturated heterocycles. The lowest BCUT2D eigenvalue weighted by atomic mass is 9.99. The van der Waals surface area contributed by atoms with Gasteiger partial charge in [0.05, 0.1) is 16.1 Å². The van der Waals surface area contributed by atoms with E-state index in [9.17, 15) is 0 Å². The first-order valence-electron chi connectivity index (χ1n) is 6.18. The first kappa shape index (κ1) is 13.6. The highest BCUT2D eigenvalue weighted by molar-refractivity contribution is 7.81. The Bertz CT molecular complexity index is 223. The second kappa shape index (κ2) is 4.42. The third kappa shape index (κ3) is 3.24. The van der Waals surface area contributed by atoms with Crippen LogP contribution in [0.4, 0.5) is 0 Å². The van der Waals surface area contributed by atoms with Gasteiger partial charge in [-0.05, 0) is 28.8 Å². The van der Waals surface area contributed by atoms with Crippen molar-refractivity contribution in [3.05, 3.63) is 0 Å². The summed E-state index contributed by atoms with van der Waals surface area (Å²) in [5.41, 5.74) is 1.64. The highest BCUT2D eigenvalue weighted by atomic mass is 32.1. The van der Waals surface area contributed by atoms with Gasteiger partial charge in [0.15, 0.2) is 0 Å². The Morgan fingerprint density at radius 3 is 1.47 bits per heavy atom. The van der Waals surface area contributed by atoms with Gasteiger partial charge in [-0.3, -0.25) is 0 Å². The second-order valence-corrected chi connectivity index (χ2v) is 18.5. The van der Waals surface area contributed by atoms with Crippen LogP contribution in [-0.2, 0) is 0 Å². The molecule has 1 rings (SSSR count). The van der Waals surface area contributed by atoms with Gasteiger partial charge in [-0.15, -0.1) is 0 Å². The minimum Gasteiger partial charge on any atom is -0.0897 e. The minimum absolute atomic E-state index is 0.818. The van der Waals surface area contributed by atoms with Gasteiger partial charge in [-0.1, -0.05) is 57.9 Å². The molecule has 15 heavy (non-hydrogen) atoms. The van der Waals surface area contributed by atoms with Gasteiger partial charge in [0.2, 0.25) is 0 Å². The molecule has 0 aliphatic heterocycles. The summed E-state index contributed by atoms with van der Waals surface area (Å²) in [5, 5.41) is 0. The first-order chi connectivity index (χ1) is 6.64. The van der Waals surface area contributed by atoms with Crippen molar-refractivity contribution in [3.8, 4) is 0 Å². The molecule has 0 N–H and O–H groups in total. The lowest BCUT2D eigenvalue weighted by Gasteiger charge is -2.42. The van der Waals surface area contributed by atoms with Gasteiger partial charge in [-0.25, -0.2) is 0 Å². The van der Waals surface area contributed by atoms with E-state index in [-0.39, 0.29) is 0 Å². The molecule has 0 nitrogen and oxygen atoms in total. The van der Waals surface area contributed by atoms with E-state index in [1.807, 2.05) is 0 Å². The van der Waals surface area contributed by atoms with Gasteiger partial charge < -0.3 is 0 Å². The molecule has 0 amide bonds. The van der Waals surface area contributed by atoms with Gasteiger partial charge in [-0.2, -0.15) is 0 Å². The predicted octanol–water partition coefficient (Wildman–Crippen LogP) is 4.96. The summed E-state index contributed by atoms with van der Waals surface area (Å²) >= 11 is 5.81. The Kier molecular flexibility index (Phi) is 4.00. The molecule has 1 fully saturated rings. The van der Waals surface area contributed by atoms with Gasteiger partial charge in [0, 0.05) is 0 Å². The van der Waals surface area contributed by atoms with Gasteiger partial charge in [0.25, 0.3) is 0 Å². The van der Waals surface area contributed by atoms with Crippen molar-refractivity contribution in [3.63, 3.8) is 0 Å². The standard InChI is InChI=1S/C12H26SSi2/c1-14(2,3)10-8-7-9-11(12(10)13)15(4,5)6/h10-11H,7-9H2,1-6H3/t10-,11?/m0/s1. The van der Waals surface area contributed by atoms with Crippen molar-refractivity contribution in [2.45, 2.75) is 69.6 Å². The molecule has 0 aromatic heterocycles. The third-order valence-electron chi connectivity index (χ3n) is 3.76. The van der Waals surface area contributed by atoms with Crippen molar-refractivity contribution < 1.29 is 0 Å². The summed E-state index contributed by atoms with van der Waals surface area (Å²) in [4.78, 5) is 1.47. The Morgan fingerprint density at radius 1 is 0.867 bits per heavy atom. The van der Waals surface area contributed by atoms with Crippen molar-refractivity contribution in [1.29, 1.82) is 0 Å². The van der Waals surface area contributed by atoms with Crippen molar-refractivity contribution in [2.24, 2.45) is 0 Å². The van der Waals surface area contributed by atoms with Crippen LogP contribution in [0.15, 0.2) is 0 Å². The molecule has 0 aromatic carbocycles. The average molecular weight is 259 g/mol. The SMILES string of the molecule is C[Si](C)(C)C1CCC[C@H]([Si](C)(C)C)C1=S. The Morgan fingerprint density at radius 2 is 1.20 bits per heavy atom. The largest absolute Gasteiger partial charge is 0.0897 e. The molecule has 88 valence electrons. The highest BCUT2D eigenvalue weighted by Crippen LogP contribution is 2.44. The topological polar surface area (TPSA) is 0 Å². The van der Waals surface area contributed by atoms with E-state index in [1.165, 1.54) is 24.1 Å². The Hall–Kier alpha value is 0.524. The van der Waals surface area contributed by atoms with E-state index in [2.05, 4.69) is 39.3 Å². The zero-order valence-electron chi connectivity index (χ0n) is 11.2. The summed E-state index contributed by atoms with van der Waals surface area (Å²) in [5.74, 6) is 0. The van der Waals surface area contributed by atoms with Crippen molar-refractivity contribution >= 4 is 33.2 Å². The molecule has 0 radical (unpaired) electrons. The van der Waals surface area contributed by atoms with Crippen molar-refractivity contribution in [1.82, 2.24) is 0 Å². The van der Waals surface area contributed by atoms with Crippen molar-refractivity contribution in [2.75, 3.05) is 0 Å². The zero-order chi connectivity index (χ0) is 11.9. The molecule has 2 atom stereocenters. The summed E-state index contributed by atoms with van der Waals surface area (Å²) in [7, 11) is -2.12. The summed E-state index contributed by atoms with van der Waals surface area (Å²) in [6.07, 6.45) is 4.19. The quantitative estimate of drug-likeness (QED) is 0.498. The molecule has 1 aliphatic rings. The van der Waals surface area contributed by atoms with Crippen LogP contribution in [0.1, 0.15) is 19.3 Å². The normalized spacial score (nSPS) is 29.3. The molecule has 1 unspecified atom stereocenters. The molecule has 1 aliphatic carbocycles. The van der Waals surface area contributed by atoms with Gasteiger partial charge >= 0.3 is 0 Å². The second-order valence-electron chi connectivity index (χ2n) is 7.17. The van der Waals surface area contributed by atoms with E-state index in [1.54, 1.807) is 0 Å². The maximum atomic E-state index is 5.81. The van der Waals surface area contributed by atoms with Crippen LogP contribution in [0.5, 0.6) is 0 Å². The highest BCUT2D eigenvalue weighted by Gasteiger charge is 2.41. The van der Waals surface area contributed by atoms with Gasteiger partial charge in [0.1, 0.15) is 0 Å². The van der Waals surface area contributed by atoms with Crippen LogP contribution in [0, 0.1) is 0 Å². The molecule has 0 bridgehead atoms. The average Bonchev–Trinajstić information content (AvgIpc) is 1.99. The monoisotopic (exact) mass is 258 g/mol. The molecule has 3 heteroatoms. The maximum Gasteiger partial charge on any atom is 0.0528 e. The summed E-state index contributed by atoms with van der Waals surface area (Å²) in [6, 6.07) is 0. The Labute approximate surface area is 103 Å². The molecule has 0 spiro atoms. The van der Waals surface area contributed by atoms with Crippen LogP contribution in [0.2, 0.25) is 50.4 Å². The number of thiocarbonyl (C=S) groups is 1. The smallest absolute Gasteiger partial charge is 0.0528 e. The summed E-state index contributed by atoms with van der Waals surface area (Å²) < 4.78 is 0. The third-order valence-corrected chi connectivity index (χ3v) is 10.1. The van der Waals surface area contributed by atoms with Crippen LogP contribution in [-0.4, -0.2) is 21.0 Å². The fraction of sp³-hybridized carbons (Fsp3) is 0.917. The van der Waals surface area contributed by atoms with Crippen LogP contribution < -0.4 is 0 Å². The van der Waals surface area contributed by atoms with E-state index in [4.69, 9.17) is 12.2 Å². The Balaban J connectivity index is 2.86.